The van der Waals surface area contributed by atoms with Gasteiger partial charge in [0.15, 0.2) is 0 Å². The Hall–Kier alpha value is -2.67. The van der Waals surface area contributed by atoms with Crippen molar-refractivity contribution in [3.8, 4) is 11.1 Å². The molecule has 0 aromatic heterocycles. The molecule has 0 atom stereocenters. The van der Waals surface area contributed by atoms with E-state index in [4.69, 9.17) is 16.7 Å². The highest BCUT2D eigenvalue weighted by atomic mass is 35.5. The molecule has 0 spiro atoms. The largest absolute Gasteiger partial charge is 0.322 e. The number of hydrogen-bond donors (Lipinski definition) is 2. The quantitative estimate of drug-likeness (QED) is 0.549. The van der Waals surface area contributed by atoms with E-state index in [-0.39, 0.29) is 15.5 Å². The van der Waals surface area contributed by atoms with Crippen LogP contribution in [-0.2, 0) is 16.4 Å². The minimum atomic E-state index is -4.01. The number of nitrogens with two attached hydrogens (primary N) is 1. The molecule has 3 aromatic carbocycles. The number of hydrogen-bond acceptors (Lipinski definition) is 3. The van der Waals surface area contributed by atoms with Gasteiger partial charge in [-0.3, -0.25) is 4.79 Å². The Bertz CT molecular complexity index is 1190. The van der Waals surface area contributed by atoms with Crippen LogP contribution in [0.2, 0.25) is 5.02 Å². The summed E-state index contributed by atoms with van der Waals surface area (Å²) in [4.78, 5) is 12.3. The fourth-order valence-electron chi connectivity index (χ4n) is 3.29. The SMILES string of the molecule is NS(=O)(=O)c1cc(C(=O)Nc2ccc3c(c2)Cc2ccccc2-3)ccc1Cl. The van der Waals surface area contributed by atoms with Crippen molar-refractivity contribution in [1.82, 2.24) is 0 Å². The first-order valence-electron chi connectivity index (χ1n) is 8.18. The van der Waals surface area contributed by atoms with Gasteiger partial charge >= 0.3 is 0 Å². The van der Waals surface area contributed by atoms with Crippen molar-refractivity contribution in [3.63, 3.8) is 0 Å². The molecular formula is C20H15ClN2O3S. The molecule has 0 bridgehead atoms. The van der Waals surface area contributed by atoms with Crippen molar-refractivity contribution in [2.24, 2.45) is 5.14 Å². The van der Waals surface area contributed by atoms with Crippen LogP contribution in [0.15, 0.2) is 65.6 Å². The number of benzene rings is 3. The number of halogens is 1. The van der Waals surface area contributed by atoms with E-state index in [0.29, 0.717) is 5.69 Å². The average Bonchev–Trinajstić information content (AvgIpc) is 2.98. The lowest BCUT2D eigenvalue weighted by atomic mass is 10.1. The van der Waals surface area contributed by atoms with Gasteiger partial charge in [0, 0.05) is 11.3 Å². The third-order valence-electron chi connectivity index (χ3n) is 4.55. The van der Waals surface area contributed by atoms with Crippen molar-refractivity contribution in [2.45, 2.75) is 11.3 Å². The van der Waals surface area contributed by atoms with Gasteiger partial charge in [0.1, 0.15) is 4.90 Å². The zero-order chi connectivity index (χ0) is 19.2. The number of sulfonamides is 1. The Morgan fingerprint density at radius 3 is 2.48 bits per heavy atom. The Kier molecular flexibility index (Phi) is 4.26. The number of fused-ring (bicyclic) bond motifs is 3. The zero-order valence-corrected chi connectivity index (χ0v) is 15.6. The Labute approximate surface area is 161 Å². The molecule has 7 heteroatoms. The fourth-order valence-corrected chi connectivity index (χ4v) is 4.36. The topological polar surface area (TPSA) is 89.3 Å². The molecule has 0 aliphatic heterocycles. The summed E-state index contributed by atoms with van der Waals surface area (Å²) in [5, 5.41) is 7.91. The highest BCUT2D eigenvalue weighted by Gasteiger charge is 2.19. The van der Waals surface area contributed by atoms with Crippen LogP contribution in [0, 0.1) is 0 Å². The van der Waals surface area contributed by atoms with E-state index in [9.17, 15) is 13.2 Å². The number of amides is 1. The predicted molar refractivity (Wildman–Crippen MR) is 105 cm³/mol. The zero-order valence-electron chi connectivity index (χ0n) is 14.1. The molecular weight excluding hydrogens is 384 g/mol. The normalized spacial score (nSPS) is 12.4. The standard InChI is InChI=1S/C20H15ClN2O3S/c21-18-8-5-13(11-19(18)27(22,25)26)20(24)23-15-6-7-17-14(10-15)9-12-3-1-2-4-16(12)17/h1-8,10-11H,9H2,(H,23,24)(H2,22,25,26). The Morgan fingerprint density at radius 1 is 0.963 bits per heavy atom. The van der Waals surface area contributed by atoms with Crippen LogP contribution in [0.4, 0.5) is 5.69 Å². The van der Waals surface area contributed by atoms with E-state index < -0.39 is 15.9 Å². The van der Waals surface area contributed by atoms with Crippen molar-refractivity contribution >= 4 is 33.2 Å². The second-order valence-corrected chi connectivity index (χ2v) is 8.29. The van der Waals surface area contributed by atoms with E-state index in [1.807, 2.05) is 30.3 Å². The maximum atomic E-state index is 12.5. The fraction of sp³-hybridized carbons (Fsp3) is 0.0500. The van der Waals surface area contributed by atoms with Crippen LogP contribution in [0.25, 0.3) is 11.1 Å². The molecule has 0 fully saturated rings. The molecule has 0 radical (unpaired) electrons. The molecule has 136 valence electrons. The molecule has 0 heterocycles. The van der Waals surface area contributed by atoms with Crippen LogP contribution >= 0.6 is 11.6 Å². The molecule has 0 saturated carbocycles. The summed E-state index contributed by atoms with van der Waals surface area (Å²) >= 11 is 5.86. The van der Waals surface area contributed by atoms with Crippen molar-refractivity contribution < 1.29 is 13.2 Å². The van der Waals surface area contributed by atoms with E-state index >= 15 is 0 Å². The molecule has 1 aliphatic carbocycles. The number of primary sulfonamides is 1. The summed E-state index contributed by atoms with van der Waals surface area (Å²) in [5.41, 5.74) is 5.56. The van der Waals surface area contributed by atoms with E-state index in [1.54, 1.807) is 0 Å². The van der Waals surface area contributed by atoms with Gasteiger partial charge in [-0.1, -0.05) is 41.9 Å². The minimum absolute atomic E-state index is 0.0238. The first kappa shape index (κ1) is 17.7. The summed E-state index contributed by atoms with van der Waals surface area (Å²) in [6.07, 6.45) is 0.811. The second-order valence-electron chi connectivity index (χ2n) is 6.35. The van der Waals surface area contributed by atoms with Gasteiger partial charge in [-0.15, -0.1) is 0 Å². The number of anilines is 1. The Balaban J connectivity index is 1.61. The van der Waals surface area contributed by atoms with Gasteiger partial charge in [0.25, 0.3) is 5.91 Å². The number of carbonyl (C=O) groups excluding carboxylic acids is 1. The van der Waals surface area contributed by atoms with Crippen LogP contribution in [0.1, 0.15) is 21.5 Å². The third kappa shape index (κ3) is 3.35. The van der Waals surface area contributed by atoms with Gasteiger partial charge in [0.05, 0.1) is 5.02 Å². The van der Waals surface area contributed by atoms with E-state index in [1.165, 1.54) is 29.3 Å². The maximum Gasteiger partial charge on any atom is 0.255 e. The summed E-state index contributed by atoms with van der Waals surface area (Å²) in [5.74, 6) is -0.438. The van der Waals surface area contributed by atoms with E-state index in [0.717, 1.165) is 17.5 Å². The summed E-state index contributed by atoms with van der Waals surface area (Å²) in [6, 6.07) is 17.9. The summed E-state index contributed by atoms with van der Waals surface area (Å²) < 4.78 is 23.2. The first-order valence-corrected chi connectivity index (χ1v) is 10.1. The molecule has 5 nitrogen and oxygen atoms in total. The molecule has 0 unspecified atom stereocenters. The average molecular weight is 399 g/mol. The minimum Gasteiger partial charge on any atom is -0.322 e. The van der Waals surface area contributed by atoms with Crippen molar-refractivity contribution in [1.29, 1.82) is 0 Å². The van der Waals surface area contributed by atoms with Crippen molar-refractivity contribution in [3.05, 3.63) is 82.4 Å². The summed E-state index contributed by atoms with van der Waals surface area (Å²) in [7, 11) is -4.01. The van der Waals surface area contributed by atoms with Gasteiger partial charge in [-0.25, -0.2) is 13.6 Å². The van der Waals surface area contributed by atoms with Gasteiger partial charge in [-0.2, -0.15) is 0 Å². The third-order valence-corrected chi connectivity index (χ3v) is 5.94. The lowest BCUT2D eigenvalue weighted by Crippen LogP contribution is -2.16. The second kappa shape index (κ2) is 6.49. The molecule has 4 rings (SSSR count). The smallest absolute Gasteiger partial charge is 0.255 e. The number of nitrogens with one attached hydrogen (secondary N) is 1. The lowest BCUT2D eigenvalue weighted by molar-refractivity contribution is 0.102. The monoisotopic (exact) mass is 398 g/mol. The molecule has 1 amide bonds. The lowest BCUT2D eigenvalue weighted by Gasteiger charge is -2.09. The first-order chi connectivity index (χ1) is 12.8. The van der Waals surface area contributed by atoms with Gasteiger partial charge in [-0.05, 0) is 59.0 Å². The molecule has 3 aromatic rings. The van der Waals surface area contributed by atoms with Crippen LogP contribution in [0.3, 0.4) is 0 Å². The maximum absolute atomic E-state index is 12.5. The van der Waals surface area contributed by atoms with Crippen LogP contribution in [0.5, 0.6) is 0 Å². The van der Waals surface area contributed by atoms with Crippen LogP contribution in [-0.4, -0.2) is 14.3 Å². The molecule has 3 N–H and O–H groups in total. The predicted octanol–water partition coefficient (Wildman–Crippen LogP) is 3.81. The molecule has 27 heavy (non-hydrogen) atoms. The molecule has 0 saturated heterocycles. The highest BCUT2D eigenvalue weighted by molar-refractivity contribution is 7.89. The van der Waals surface area contributed by atoms with Gasteiger partial charge in [0.2, 0.25) is 10.0 Å². The summed E-state index contributed by atoms with van der Waals surface area (Å²) in [6.45, 7) is 0. The van der Waals surface area contributed by atoms with Crippen molar-refractivity contribution in [2.75, 3.05) is 5.32 Å². The van der Waals surface area contributed by atoms with Gasteiger partial charge < -0.3 is 5.32 Å². The number of rotatable bonds is 3. The Morgan fingerprint density at radius 2 is 1.70 bits per heavy atom. The number of carbonyl (C=O) groups is 1. The molecule has 1 aliphatic rings. The highest BCUT2D eigenvalue weighted by Crippen LogP contribution is 2.37. The van der Waals surface area contributed by atoms with Crippen LogP contribution < -0.4 is 10.5 Å². The van der Waals surface area contributed by atoms with E-state index in [2.05, 4.69) is 17.4 Å².